The van der Waals surface area contributed by atoms with E-state index in [-0.39, 0.29) is 17.7 Å². The van der Waals surface area contributed by atoms with Crippen LogP contribution in [0.4, 0.5) is 11.4 Å². The van der Waals surface area contributed by atoms with Crippen molar-refractivity contribution in [2.45, 2.75) is 6.42 Å². The predicted molar refractivity (Wildman–Crippen MR) is 60.1 cm³/mol. The van der Waals surface area contributed by atoms with Gasteiger partial charge in [0.15, 0.2) is 0 Å². The van der Waals surface area contributed by atoms with Crippen LogP contribution in [-0.2, 0) is 4.79 Å². The summed E-state index contributed by atoms with van der Waals surface area (Å²) in [5, 5.41) is 22.2. The van der Waals surface area contributed by atoms with Gasteiger partial charge in [-0.3, -0.25) is 14.9 Å². The first kappa shape index (κ1) is 12.4. The maximum Gasteiger partial charge on any atom is 0.287 e. The van der Waals surface area contributed by atoms with E-state index in [0.717, 1.165) is 0 Å². The number of nitrogens with two attached hydrogens (primary N) is 1. The van der Waals surface area contributed by atoms with Gasteiger partial charge in [-0.25, -0.2) is 0 Å². The van der Waals surface area contributed by atoms with E-state index in [9.17, 15) is 14.9 Å². The molecule has 1 rings (SSSR count). The van der Waals surface area contributed by atoms with Crippen LogP contribution in [0.15, 0.2) is 18.2 Å². The predicted octanol–water partition coefficient (Wildman–Crippen LogP) is 0.754. The molecule has 0 heterocycles. The quantitative estimate of drug-likeness (QED) is 0.575. The number of rotatable bonds is 5. The molecule has 0 saturated heterocycles. The minimum absolute atomic E-state index is 0.0286. The first-order chi connectivity index (χ1) is 8.04. The van der Waals surface area contributed by atoms with Crippen molar-refractivity contribution in [3.63, 3.8) is 0 Å². The highest BCUT2D eigenvalue weighted by atomic mass is 16.6. The van der Waals surface area contributed by atoms with Gasteiger partial charge in [0.05, 0.1) is 4.92 Å². The van der Waals surface area contributed by atoms with Gasteiger partial charge in [0.1, 0.15) is 11.6 Å². The van der Waals surface area contributed by atoms with Crippen molar-refractivity contribution in [3.8, 4) is 6.07 Å². The number of benzene rings is 1. The van der Waals surface area contributed by atoms with E-state index in [2.05, 4.69) is 5.32 Å². The molecule has 1 aromatic carbocycles. The summed E-state index contributed by atoms with van der Waals surface area (Å²) in [4.78, 5) is 20.4. The van der Waals surface area contributed by atoms with Crippen LogP contribution in [0.3, 0.4) is 0 Å². The smallest absolute Gasteiger partial charge is 0.287 e. The van der Waals surface area contributed by atoms with Gasteiger partial charge in [0, 0.05) is 24.7 Å². The maximum absolute atomic E-state index is 10.6. The van der Waals surface area contributed by atoms with Crippen molar-refractivity contribution in [3.05, 3.63) is 33.9 Å². The molecule has 0 saturated carbocycles. The van der Waals surface area contributed by atoms with Gasteiger partial charge in [-0.1, -0.05) is 0 Å². The van der Waals surface area contributed by atoms with Gasteiger partial charge in [-0.15, -0.1) is 0 Å². The topological polar surface area (TPSA) is 122 Å². The average Bonchev–Trinajstić information content (AvgIpc) is 2.28. The zero-order valence-electron chi connectivity index (χ0n) is 8.84. The Morgan fingerprint density at radius 2 is 2.29 bits per heavy atom. The van der Waals surface area contributed by atoms with Crippen molar-refractivity contribution in [1.29, 1.82) is 5.26 Å². The Balaban J connectivity index is 2.80. The SMILES string of the molecule is N#Cc1cc(NCCC(N)=O)ccc1[N+](=O)[O-]. The maximum atomic E-state index is 10.6. The Labute approximate surface area is 97.0 Å². The summed E-state index contributed by atoms with van der Waals surface area (Å²) in [7, 11) is 0. The second-order valence-electron chi connectivity index (χ2n) is 3.24. The molecule has 0 aliphatic carbocycles. The van der Waals surface area contributed by atoms with E-state index >= 15 is 0 Å². The number of nitrogens with one attached hydrogen (secondary N) is 1. The molecule has 0 aromatic heterocycles. The highest BCUT2D eigenvalue weighted by Gasteiger charge is 2.13. The highest BCUT2D eigenvalue weighted by Crippen LogP contribution is 2.21. The van der Waals surface area contributed by atoms with E-state index in [4.69, 9.17) is 11.0 Å². The van der Waals surface area contributed by atoms with Crippen LogP contribution in [0.2, 0.25) is 0 Å². The molecular formula is C10H10N4O3. The lowest BCUT2D eigenvalue weighted by Gasteiger charge is -2.05. The van der Waals surface area contributed by atoms with Gasteiger partial charge in [0.25, 0.3) is 5.69 Å². The Morgan fingerprint density at radius 1 is 1.59 bits per heavy atom. The van der Waals surface area contributed by atoms with Gasteiger partial charge in [-0.2, -0.15) is 5.26 Å². The molecule has 17 heavy (non-hydrogen) atoms. The summed E-state index contributed by atoms with van der Waals surface area (Å²) in [6, 6.07) is 5.82. The second kappa shape index (κ2) is 5.46. The van der Waals surface area contributed by atoms with E-state index < -0.39 is 10.8 Å². The molecule has 0 aliphatic heterocycles. The summed E-state index contributed by atoms with van der Waals surface area (Å²) in [6.45, 7) is 0.317. The van der Waals surface area contributed by atoms with E-state index in [1.807, 2.05) is 0 Å². The largest absolute Gasteiger partial charge is 0.384 e. The molecule has 3 N–H and O–H groups in total. The minimum Gasteiger partial charge on any atom is -0.384 e. The number of hydrogen-bond acceptors (Lipinski definition) is 5. The van der Waals surface area contributed by atoms with E-state index in [0.29, 0.717) is 12.2 Å². The fraction of sp³-hybridized carbons (Fsp3) is 0.200. The number of carbonyl (C=O) groups excluding carboxylic acids is 1. The fourth-order valence-electron chi connectivity index (χ4n) is 1.22. The lowest BCUT2D eigenvalue weighted by atomic mass is 10.1. The molecule has 1 aromatic rings. The van der Waals surface area contributed by atoms with Crippen molar-refractivity contribution >= 4 is 17.3 Å². The summed E-state index contributed by atoms with van der Waals surface area (Å²) < 4.78 is 0. The normalized spacial score (nSPS) is 9.35. The van der Waals surface area contributed by atoms with Crippen molar-refractivity contribution in [2.24, 2.45) is 5.73 Å². The van der Waals surface area contributed by atoms with Crippen LogP contribution >= 0.6 is 0 Å². The molecule has 7 nitrogen and oxygen atoms in total. The van der Waals surface area contributed by atoms with Crippen LogP contribution in [0.25, 0.3) is 0 Å². The van der Waals surface area contributed by atoms with E-state index in [1.165, 1.54) is 18.2 Å². The number of anilines is 1. The van der Waals surface area contributed by atoms with Crippen molar-refractivity contribution < 1.29 is 9.72 Å². The Kier molecular flexibility index (Phi) is 4.00. The number of hydrogen-bond donors (Lipinski definition) is 2. The van der Waals surface area contributed by atoms with Crippen LogP contribution < -0.4 is 11.1 Å². The molecule has 7 heteroatoms. The summed E-state index contributed by atoms with van der Waals surface area (Å²) in [6.07, 6.45) is 0.152. The number of nitriles is 1. The number of nitrogens with zero attached hydrogens (tertiary/aromatic N) is 2. The third-order valence-electron chi connectivity index (χ3n) is 2.01. The molecule has 1 amide bonds. The molecule has 0 unspecified atom stereocenters. The Bertz CT molecular complexity index is 493. The van der Waals surface area contributed by atoms with Gasteiger partial charge in [0.2, 0.25) is 5.91 Å². The van der Waals surface area contributed by atoms with Crippen LogP contribution in [0, 0.1) is 21.4 Å². The Morgan fingerprint density at radius 3 is 2.82 bits per heavy atom. The molecular weight excluding hydrogens is 224 g/mol. The molecule has 0 aliphatic rings. The third-order valence-corrected chi connectivity index (χ3v) is 2.01. The first-order valence-corrected chi connectivity index (χ1v) is 4.75. The number of primary amides is 1. The Hall–Kier alpha value is -2.62. The number of nitro groups is 1. The number of amides is 1. The van der Waals surface area contributed by atoms with Gasteiger partial charge < -0.3 is 11.1 Å². The average molecular weight is 234 g/mol. The summed E-state index contributed by atoms with van der Waals surface area (Å²) >= 11 is 0. The summed E-state index contributed by atoms with van der Waals surface area (Å²) in [5.74, 6) is -0.445. The molecule has 0 bridgehead atoms. The molecule has 0 spiro atoms. The zero-order chi connectivity index (χ0) is 12.8. The summed E-state index contributed by atoms with van der Waals surface area (Å²) in [5.41, 5.74) is 5.22. The first-order valence-electron chi connectivity index (χ1n) is 4.75. The number of nitro benzene ring substituents is 1. The van der Waals surface area contributed by atoms with E-state index in [1.54, 1.807) is 6.07 Å². The molecule has 88 valence electrons. The highest BCUT2D eigenvalue weighted by molar-refractivity contribution is 5.74. The molecule has 0 fully saturated rings. The standard InChI is InChI=1S/C10H10N4O3/c11-6-7-5-8(13-4-3-10(12)15)1-2-9(7)14(16)17/h1-2,5,13H,3-4H2,(H2,12,15). The molecule has 0 radical (unpaired) electrons. The minimum atomic E-state index is -0.619. The fourth-order valence-corrected chi connectivity index (χ4v) is 1.22. The third kappa shape index (κ3) is 3.46. The zero-order valence-corrected chi connectivity index (χ0v) is 8.84. The van der Waals surface area contributed by atoms with Crippen molar-refractivity contribution in [2.75, 3.05) is 11.9 Å². The van der Waals surface area contributed by atoms with Crippen LogP contribution in [0.5, 0.6) is 0 Å². The lowest BCUT2D eigenvalue weighted by molar-refractivity contribution is -0.385. The van der Waals surface area contributed by atoms with Crippen LogP contribution in [-0.4, -0.2) is 17.4 Å². The molecule has 0 atom stereocenters. The lowest BCUT2D eigenvalue weighted by Crippen LogP contribution is -2.15. The van der Waals surface area contributed by atoms with Crippen LogP contribution in [0.1, 0.15) is 12.0 Å². The van der Waals surface area contributed by atoms with Gasteiger partial charge >= 0.3 is 0 Å². The number of carbonyl (C=O) groups is 1. The monoisotopic (exact) mass is 234 g/mol. The second-order valence-corrected chi connectivity index (χ2v) is 3.24. The van der Waals surface area contributed by atoms with Gasteiger partial charge in [-0.05, 0) is 12.1 Å². The van der Waals surface area contributed by atoms with Crippen molar-refractivity contribution in [1.82, 2.24) is 0 Å².